The summed E-state index contributed by atoms with van der Waals surface area (Å²) in [6.07, 6.45) is -0.283. The molecule has 1 N–H and O–H groups in total. The lowest BCUT2D eigenvalue weighted by molar-refractivity contribution is 0.137. The summed E-state index contributed by atoms with van der Waals surface area (Å²) in [5.74, 6) is 0. The summed E-state index contributed by atoms with van der Waals surface area (Å²) in [6, 6.07) is 2.07. The van der Waals surface area contributed by atoms with Crippen LogP contribution in [0, 0.1) is 6.92 Å². The van der Waals surface area contributed by atoms with Crippen molar-refractivity contribution in [3.05, 3.63) is 17.5 Å². The van der Waals surface area contributed by atoms with Crippen LogP contribution in [0.3, 0.4) is 0 Å². The first-order valence-corrected chi connectivity index (χ1v) is 4.85. The first kappa shape index (κ1) is 11.2. The highest BCUT2D eigenvalue weighted by Crippen LogP contribution is 2.05. The number of nitrogens with zero attached hydrogens (tertiary/aromatic N) is 3. The van der Waals surface area contributed by atoms with E-state index in [0.29, 0.717) is 6.54 Å². The van der Waals surface area contributed by atoms with Crippen molar-refractivity contribution < 1.29 is 5.11 Å². The van der Waals surface area contributed by atoms with Gasteiger partial charge in [-0.15, -0.1) is 0 Å². The Balaban J connectivity index is 2.55. The fourth-order valence-electron chi connectivity index (χ4n) is 1.60. The zero-order valence-corrected chi connectivity index (χ0v) is 9.36. The van der Waals surface area contributed by atoms with E-state index in [1.54, 1.807) is 6.92 Å². The van der Waals surface area contributed by atoms with Crippen LogP contribution in [-0.2, 0) is 13.6 Å². The Labute approximate surface area is 85.1 Å². The minimum Gasteiger partial charge on any atom is -0.392 e. The van der Waals surface area contributed by atoms with Crippen molar-refractivity contribution in [3.63, 3.8) is 0 Å². The molecule has 0 aliphatic heterocycles. The average molecular weight is 197 g/mol. The number of hydrogen-bond donors (Lipinski definition) is 1. The first-order valence-electron chi connectivity index (χ1n) is 4.85. The molecule has 0 fully saturated rings. The minimum atomic E-state index is -0.283. The molecule has 14 heavy (non-hydrogen) atoms. The molecule has 1 aromatic rings. The van der Waals surface area contributed by atoms with E-state index in [1.165, 1.54) is 5.69 Å². The van der Waals surface area contributed by atoms with Gasteiger partial charge in [-0.25, -0.2) is 0 Å². The summed E-state index contributed by atoms with van der Waals surface area (Å²) >= 11 is 0. The molecule has 0 amide bonds. The van der Waals surface area contributed by atoms with E-state index in [4.69, 9.17) is 0 Å². The van der Waals surface area contributed by atoms with E-state index in [-0.39, 0.29) is 6.10 Å². The first-order chi connectivity index (χ1) is 6.49. The standard InChI is InChI=1S/C10H19N3O/c1-8-5-10(13(4)11-8)7-12(3)6-9(2)14/h5,9,14H,6-7H2,1-4H3. The van der Waals surface area contributed by atoms with E-state index >= 15 is 0 Å². The van der Waals surface area contributed by atoms with Crippen LogP contribution in [0.15, 0.2) is 6.07 Å². The van der Waals surface area contributed by atoms with Crippen molar-refractivity contribution in [3.8, 4) is 0 Å². The average Bonchev–Trinajstić information content (AvgIpc) is 2.28. The fraction of sp³-hybridized carbons (Fsp3) is 0.700. The smallest absolute Gasteiger partial charge is 0.0639 e. The molecule has 1 rings (SSSR count). The summed E-state index contributed by atoms with van der Waals surface area (Å²) in [5, 5.41) is 13.5. The van der Waals surface area contributed by atoms with Gasteiger partial charge in [-0.2, -0.15) is 5.10 Å². The van der Waals surface area contributed by atoms with E-state index < -0.39 is 0 Å². The number of aliphatic hydroxyl groups is 1. The summed E-state index contributed by atoms with van der Waals surface area (Å²) in [7, 11) is 3.94. The van der Waals surface area contributed by atoms with Crippen molar-refractivity contribution in [2.45, 2.75) is 26.5 Å². The van der Waals surface area contributed by atoms with Crippen LogP contribution in [0.2, 0.25) is 0 Å². The van der Waals surface area contributed by atoms with Crippen LogP contribution in [0.5, 0.6) is 0 Å². The van der Waals surface area contributed by atoms with Crippen molar-refractivity contribution in [2.75, 3.05) is 13.6 Å². The molecule has 4 nitrogen and oxygen atoms in total. The van der Waals surface area contributed by atoms with Gasteiger partial charge in [0.2, 0.25) is 0 Å². The molecule has 1 heterocycles. The van der Waals surface area contributed by atoms with E-state index in [0.717, 1.165) is 12.2 Å². The zero-order chi connectivity index (χ0) is 10.7. The summed E-state index contributed by atoms with van der Waals surface area (Å²) in [4.78, 5) is 2.08. The molecular weight excluding hydrogens is 178 g/mol. The summed E-state index contributed by atoms with van der Waals surface area (Å²) < 4.78 is 1.88. The van der Waals surface area contributed by atoms with E-state index in [2.05, 4.69) is 16.1 Å². The molecule has 4 heteroatoms. The van der Waals surface area contributed by atoms with Gasteiger partial charge in [0.25, 0.3) is 0 Å². The second-order valence-corrected chi connectivity index (χ2v) is 3.95. The third-order valence-corrected chi connectivity index (χ3v) is 2.11. The minimum absolute atomic E-state index is 0.283. The molecule has 0 radical (unpaired) electrons. The van der Waals surface area contributed by atoms with E-state index in [1.807, 2.05) is 25.7 Å². The molecule has 0 aliphatic carbocycles. The van der Waals surface area contributed by atoms with Crippen LogP contribution in [0.1, 0.15) is 18.3 Å². The number of aliphatic hydroxyl groups excluding tert-OH is 1. The zero-order valence-electron chi connectivity index (χ0n) is 9.36. The van der Waals surface area contributed by atoms with Crippen LogP contribution in [0.25, 0.3) is 0 Å². The Morgan fingerprint density at radius 1 is 1.64 bits per heavy atom. The van der Waals surface area contributed by atoms with E-state index in [9.17, 15) is 5.11 Å². The Kier molecular flexibility index (Phi) is 3.66. The Morgan fingerprint density at radius 3 is 2.71 bits per heavy atom. The van der Waals surface area contributed by atoms with Crippen LogP contribution in [-0.4, -0.2) is 39.5 Å². The van der Waals surface area contributed by atoms with Gasteiger partial charge in [-0.1, -0.05) is 0 Å². The monoisotopic (exact) mass is 197 g/mol. The predicted octanol–water partition coefficient (Wildman–Crippen LogP) is 0.541. The van der Waals surface area contributed by atoms with Crippen LogP contribution in [0.4, 0.5) is 0 Å². The maximum atomic E-state index is 9.21. The molecule has 0 aromatic carbocycles. The predicted molar refractivity (Wildman–Crippen MR) is 56.0 cm³/mol. The van der Waals surface area contributed by atoms with Crippen molar-refractivity contribution in [2.24, 2.45) is 7.05 Å². The van der Waals surface area contributed by atoms with Gasteiger partial charge < -0.3 is 5.11 Å². The van der Waals surface area contributed by atoms with Gasteiger partial charge >= 0.3 is 0 Å². The lowest BCUT2D eigenvalue weighted by Crippen LogP contribution is -2.27. The largest absolute Gasteiger partial charge is 0.392 e. The maximum absolute atomic E-state index is 9.21. The molecule has 0 saturated heterocycles. The molecule has 0 aliphatic rings. The van der Waals surface area contributed by atoms with Crippen molar-refractivity contribution in [1.29, 1.82) is 0 Å². The topological polar surface area (TPSA) is 41.3 Å². The summed E-state index contributed by atoms with van der Waals surface area (Å²) in [6.45, 7) is 5.29. The quantitative estimate of drug-likeness (QED) is 0.766. The Bertz CT molecular complexity index is 294. The molecule has 0 bridgehead atoms. The Hall–Kier alpha value is -0.870. The normalized spacial score (nSPS) is 13.6. The molecule has 80 valence electrons. The molecule has 0 spiro atoms. The van der Waals surface area contributed by atoms with Gasteiger partial charge in [-0.3, -0.25) is 9.58 Å². The van der Waals surface area contributed by atoms with Gasteiger partial charge in [0.05, 0.1) is 17.5 Å². The van der Waals surface area contributed by atoms with Gasteiger partial charge in [0, 0.05) is 20.1 Å². The second kappa shape index (κ2) is 4.57. The van der Waals surface area contributed by atoms with Gasteiger partial charge in [0.1, 0.15) is 0 Å². The molecular formula is C10H19N3O. The SMILES string of the molecule is Cc1cc(CN(C)CC(C)O)n(C)n1. The fourth-order valence-corrected chi connectivity index (χ4v) is 1.60. The number of aryl methyl sites for hydroxylation is 2. The van der Waals surface area contributed by atoms with Gasteiger partial charge in [0.15, 0.2) is 0 Å². The molecule has 0 saturated carbocycles. The van der Waals surface area contributed by atoms with Crippen molar-refractivity contribution in [1.82, 2.24) is 14.7 Å². The highest BCUT2D eigenvalue weighted by atomic mass is 16.3. The molecule has 1 aromatic heterocycles. The third-order valence-electron chi connectivity index (χ3n) is 2.11. The second-order valence-electron chi connectivity index (χ2n) is 3.95. The third kappa shape index (κ3) is 3.12. The van der Waals surface area contributed by atoms with Crippen LogP contribution < -0.4 is 0 Å². The highest BCUT2D eigenvalue weighted by Gasteiger charge is 2.07. The number of hydrogen-bond acceptors (Lipinski definition) is 3. The maximum Gasteiger partial charge on any atom is 0.0639 e. The molecule has 1 unspecified atom stereocenters. The Morgan fingerprint density at radius 2 is 2.29 bits per heavy atom. The number of rotatable bonds is 4. The lowest BCUT2D eigenvalue weighted by atomic mass is 10.3. The highest BCUT2D eigenvalue weighted by molar-refractivity contribution is 5.08. The van der Waals surface area contributed by atoms with Crippen molar-refractivity contribution >= 4 is 0 Å². The lowest BCUT2D eigenvalue weighted by Gasteiger charge is -2.17. The van der Waals surface area contributed by atoms with Crippen LogP contribution >= 0.6 is 0 Å². The molecule has 1 atom stereocenters. The number of likely N-dealkylation sites (N-methyl/N-ethyl adjacent to an activating group) is 1. The van der Waals surface area contributed by atoms with Gasteiger partial charge in [-0.05, 0) is 27.0 Å². The summed E-state index contributed by atoms with van der Waals surface area (Å²) in [5.41, 5.74) is 2.21. The number of aromatic nitrogens is 2.